The van der Waals surface area contributed by atoms with Crippen molar-refractivity contribution >= 4 is 45.9 Å². The fourth-order valence-electron chi connectivity index (χ4n) is 3.10. The van der Waals surface area contributed by atoms with Gasteiger partial charge in [-0.25, -0.2) is 4.39 Å². The highest BCUT2D eigenvalue weighted by Gasteiger charge is 2.17. The molecule has 9 nitrogen and oxygen atoms in total. The summed E-state index contributed by atoms with van der Waals surface area (Å²) < 4.78 is 30.2. The lowest BCUT2D eigenvalue weighted by Crippen LogP contribution is -2.14. The summed E-state index contributed by atoms with van der Waals surface area (Å²) in [5.41, 5.74) is 1.03. The molecule has 0 aliphatic carbocycles. The number of nitrogens with zero attached hydrogens (tertiary/aromatic N) is 2. The Hall–Kier alpha value is -4.18. The van der Waals surface area contributed by atoms with E-state index >= 15 is 0 Å². The van der Waals surface area contributed by atoms with Crippen LogP contribution in [0.1, 0.15) is 11.1 Å². The largest absolute Gasteiger partial charge is 0.494 e. The van der Waals surface area contributed by atoms with Crippen molar-refractivity contribution in [3.8, 4) is 23.3 Å². The van der Waals surface area contributed by atoms with Gasteiger partial charge in [0.25, 0.3) is 11.6 Å². The Morgan fingerprint density at radius 3 is 2.44 bits per heavy atom. The Labute approximate surface area is 219 Å². The van der Waals surface area contributed by atoms with Crippen LogP contribution in [0.25, 0.3) is 6.08 Å². The first-order valence-corrected chi connectivity index (χ1v) is 11.3. The molecular weight excluding hydrogens is 584 g/mol. The molecule has 3 aromatic carbocycles. The number of anilines is 1. The van der Waals surface area contributed by atoms with Gasteiger partial charge in [0.15, 0.2) is 11.5 Å². The predicted molar refractivity (Wildman–Crippen MR) is 138 cm³/mol. The minimum atomic E-state index is -0.727. The summed E-state index contributed by atoms with van der Waals surface area (Å²) in [4.78, 5) is 23.1. The Bertz CT molecular complexity index is 1370. The van der Waals surface area contributed by atoms with Crippen LogP contribution in [0.4, 0.5) is 15.8 Å². The van der Waals surface area contributed by atoms with Crippen molar-refractivity contribution in [3.63, 3.8) is 0 Å². The van der Waals surface area contributed by atoms with E-state index in [1.807, 2.05) is 28.7 Å². The molecule has 0 saturated carbocycles. The van der Waals surface area contributed by atoms with Crippen molar-refractivity contribution in [2.45, 2.75) is 6.61 Å². The highest BCUT2D eigenvalue weighted by Crippen LogP contribution is 2.35. The predicted octanol–water partition coefficient (Wildman–Crippen LogP) is 5.48. The standard InChI is InChI=1S/C25H19FIN3O6/c1-34-22-12-19(30(32)33)7-8-21(22)29-25(31)17(13-28)9-16-10-20(27)24(23(11-16)35-2)36-14-15-3-5-18(26)6-4-15/h3-12H,14H2,1-2H3,(H,29,31). The van der Waals surface area contributed by atoms with E-state index in [1.54, 1.807) is 24.3 Å². The van der Waals surface area contributed by atoms with Gasteiger partial charge in [0, 0.05) is 6.07 Å². The zero-order valence-corrected chi connectivity index (χ0v) is 21.2. The summed E-state index contributed by atoms with van der Waals surface area (Å²) in [5, 5.41) is 23.1. The number of amides is 1. The molecular formula is C25H19FIN3O6. The molecule has 0 heterocycles. The van der Waals surface area contributed by atoms with E-state index in [9.17, 15) is 24.6 Å². The lowest BCUT2D eigenvalue weighted by Gasteiger charge is -2.14. The number of nitrogens with one attached hydrogen (secondary N) is 1. The quantitative estimate of drug-likeness (QED) is 0.113. The van der Waals surface area contributed by atoms with Crippen molar-refractivity contribution < 1.29 is 28.3 Å². The van der Waals surface area contributed by atoms with Crippen molar-refractivity contribution in [1.29, 1.82) is 5.26 Å². The zero-order valence-electron chi connectivity index (χ0n) is 19.1. The third-order valence-electron chi connectivity index (χ3n) is 4.87. The van der Waals surface area contributed by atoms with Crippen LogP contribution in [-0.4, -0.2) is 25.1 Å². The highest BCUT2D eigenvalue weighted by atomic mass is 127. The van der Waals surface area contributed by atoms with E-state index in [0.717, 1.165) is 5.56 Å². The summed E-state index contributed by atoms with van der Waals surface area (Å²) >= 11 is 2.05. The van der Waals surface area contributed by atoms with Gasteiger partial charge in [-0.2, -0.15) is 5.26 Å². The monoisotopic (exact) mass is 603 g/mol. The van der Waals surface area contributed by atoms with Gasteiger partial charge in [0.2, 0.25) is 0 Å². The lowest BCUT2D eigenvalue weighted by molar-refractivity contribution is -0.384. The zero-order chi connectivity index (χ0) is 26.2. The van der Waals surface area contributed by atoms with Crippen molar-refractivity contribution in [2.75, 3.05) is 19.5 Å². The minimum absolute atomic E-state index is 0.0775. The van der Waals surface area contributed by atoms with Crippen molar-refractivity contribution in [1.82, 2.24) is 0 Å². The van der Waals surface area contributed by atoms with E-state index in [-0.39, 0.29) is 35.1 Å². The van der Waals surface area contributed by atoms with Crippen LogP contribution in [0.3, 0.4) is 0 Å². The SMILES string of the molecule is COc1cc([N+](=O)[O-])ccc1NC(=O)C(C#N)=Cc1cc(I)c(OCc2ccc(F)cc2)c(OC)c1. The molecule has 0 aromatic heterocycles. The summed E-state index contributed by atoms with van der Waals surface area (Å²) in [6, 6.07) is 14.8. The highest BCUT2D eigenvalue weighted by molar-refractivity contribution is 14.1. The number of hydrogen-bond acceptors (Lipinski definition) is 7. The third kappa shape index (κ3) is 6.48. The number of rotatable bonds is 9. The lowest BCUT2D eigenvalue weighted by atomic mass is 10.1. The molecule has 1 N–H and O–H groups in total. The molecule has 3 rings (SSSR count). The van der Waals surface area contributed by atoms with Crippen LogP contribution in [0.15, 0.2) is 60.2 Å². The van der Waals surface area contributed by atoms with Gasteiger partial charge in [0.05, 0.1) is 34.5 Å². The normalized spacial score (nSPS) is 10.8. The number of nitriles is 1. The van der Waals surface area contributed by atoms with Gasteiger partial charge in [-0.15, -0.1) is 0 Å². The number of ether oxygens (including phenoxy) is 3. The molecule has 0 radical (unpaired) electrons. The first-order chi connectivity index (χ1) is 17.2. The Morgan fingerprint density at radius 1 is 1.14 bits per heavy atom. The number of nitro groups is 1. The van der Waals surface area contributed by atoms with Gasteiger partial charge in [0.1, 0.15) is 29.8 Å². The maximum atomic E-state index is 13.1. The number of methoxy groups -OCH3 is 2. The molecule has 0 spiro atoms. The van der Waals surface area contributed by atoms with Crippen LogP contribution < -0.4 is 19.5 Å². The van der Waals surface area contributed by atoms with Crippen LogP contribution in [0.2, 0.25) is 0 Å². The molecule has 0 fully saturated rings. The van der Waals surface area contributed by atoms with Crippen LogP contribution in [0.5, 0.6) is 17.2 Å². The van der Waals surface area contributed by atoms with Crippen LogP contribution in [0, 0.1) is 30.8 Å². The van der Waals surface area contributed by atoms with Crippen molar-refractivity contribution in [2.24, 2.45) is 0 Å². The molecule has 0 atom stereocenters. The Balaban J connectivity index is 1.83. The van der Waals surface area contributed by atoms with Gasteiger partial charge >= 0.3 is 0 Å². The maximum Gasteiger partial charge on any atom is 0.273 e. The average molecular weight is 603 g/mol. The molecule has 36 heavy (non-hydrogen) atoms. The molecule has 3 aromatic rings. The second-order valence-corrected chi connectivity index (χ2v) is 8.38. The molecule has 0 aliphatic heterocycles. The molecule has 11 heteroatoms. The number of non-ortho nitro benzene ring substituents is 1. The summed E-state index contributed by atoms with van der Waals surface area (Å²) in [7, 11) is 2.77. The average Bonchev–Trinajstić information content (AvgIpc) is 2.87. The topological polar surface area (TPSA) is 124 Å². The molecule has 1 amide bonds. The second-order valence-electron chi connectivity index (χ2n) is 7.21. The Kier molecular flexibility index (Phi) is 8.80. The molecule has 0 aliphatic rings. The van der Waals surface area contributed by atoms with Gasteiger partial charge < -0.3 is 19.5 Å². The summed E-state index contributed by atoms with van der Waals surface area (Å²) in [5.74, 6) is -0.154. The number of carbonyl (C=O) groups is 1. The molecule has 0 saturated heterocycles. The molecule has 0 unspecified atom stereocenters. The fraction of sp³-hybridized carbons (Fsp3) is 0.120. The minimum Gasteiger partial charge on any atom is -0.494 e. The number of halogens is 2. The second kappa shape index (κ2) is 12.0. The number of nitro benzene ring substituents is 1. The molecule has 184 valence electrons. The molecule has 0 bridgehead atoms. The number of hydrogen-bond donors (Lipinski definition) is 1. The van der Waals surface area contributed by atoms with Crippen LogP contribution in [-0.2, 0) is 11.4 Å². The maximum absolute atomic E-state index is 13.1. The van der Waals surface area contributed by atoms with E-state index in [2.05, 4.69) is 5.32 Å². The van der Waals surface area contributed by atoms with Gasteiger partial charge in [-0.05, 0) is 70.1 Å². The first-order valence-electron chi connectivity index (χ1n) is 10.3. The van der Waals surface area contributed by atoms with E-state index in [4.69, 9.17) is 14.2 Å². The van der Waals surface area contributed by atoms with Gasteiger partial charge in [-0.3, -0.25) is 14.9 Å². The van der Waals surface area contributed by atoms with Crippen LogP contribution >= 0.6 is 22.6 Å². The number of benzene rings is 3. The summed E-state index contributed by atoms with van der Waals surface area (Å²) in [6.07, 6.45) is 1.38. The Morgan fingerprint density at radius 2 is 1.83 bits per heavy atom. The number of carbonyl (C=O) groups excluding carboxylic acids is 1. The smallest absolute Gasteiger partial charge is 0.273 e. The first kappa shape index (κ1) is 26.4. The van der Waals surface area contributed by atoms with Crippen molar-refractivity contribution in [3.05, 3.63) is 90.8 Å². The van der Waals surface area contributed by atoms with E-state index < -0.39 is 10.8 Å². The van der Waals surface area contributed by atoms with Gasteiger partial charge in [-0.1, -0.05) is 12.1 Å². The van der Waals surface area contributed by atoms with E-state index in [1.165, 1.54) is 50.6 Å². The fourth-order valence-corrected chi connectivity index (χ4v) is 3.88. The third-order valence-corrected chi connectivity index (χ3v) is 5.67. The van der Waals surface area contributed by atoms with E-state index in [0.29, 0.717) is 20.6 Å². The summed E-state index contributed by atoms with van der Waals surface area (Å²) in [6.45, 7) is 0.185.